The van der Waals surface area contributed by atoms with Crippen LogP contribution < -0.4 is 4.74 Å². The number of alkyl halides is 4. The predicted molar refractivity (Wildman–Crippen MR) is 50.9 cm³/mol. The van der Waals surface area contributed by atoms with E-state index < -0.39 is 23.7 Å². The number of ether oxygens (including phenoxy) is 1. The molecule has 2 rings (SSSR count). The van der Waals surface area contributed by atoms with E-state index in [2.05, 4.69) is 0 Å². The molecule has 0 saturated carbocycles. The molecule has 1 heterocycles. The lowest BCUT2D eigenvalue weighted by atomic mass is 10.0. The predicted octanol–water partition coefficient (Wildman–Crippen LogP) is 2.70. The van der Waals surface area contributed by atoms with Crippen molar-refractivity contribution < 1.29 is 27.1 Å². The molecule has 92 valence electrons. The minimum Gasteiger partial charge on any atom is -0.492 e. The van der Waals surface area contributed by atoms with Crippen molar-refractivity contribution >= 4 is 5.78 Å². The number of benzene rings is 1. The summed E-state index contributed by atoms with van der Waals surface area (Å²) in [7, 11) is 0. The second-order valence-corrected chi connectivity index (χ2v) is 3.65. The van der Waals surface area contributed by atoms with Gasteiger partial charge in [-0.25, -0.2) is 8.78 Å². The van der Waals surface area contributed by atoms with Crippen molar-refractivity contribution in [3.63, 3.8) is 0 Å². The lowest BCUT2D eigenvalue weighted by molar-refractivity contribution is -0.0959. The van der Waals surface area contributed by atoms with Gasteiger partial charge in [-0.05, 0) is 11.6 Å². The Kier molecular flexibility index (Phi) is 2.81. The topological polar surface area (TPSA) is 26.3 Å². The van der Waals surface area contributed by atoms with Gasteiger partial charge in [0.2, 0.25) is 5.78 Å². The van der Waals surface area contributed by atoms with Gasteiger partial charge < -0.3 is 4.74 Å². The Morgan fingerprint density at radius 1 is 1.35 bits per heavy atom. The van der Waals surface area contributed by atoms with Gasteiger partial charge in [-0.3, -0.25) is 4.79 Å². The third kappa shape index (κ3) is 1.87. The maximum Gasteiger partial charge on any atom is 0.369 e. The molecule has 0 fully saturated rings. The largest absolute Gasteiger partial charge is 0.492 e. The normalized spacial score (nSPS) is 14.6. The quantitative estimate of drug-likeness (QED) is 0.607. The van der Waals surface area contributed by atoms with Gasteiger partial charge in [0.05, 0.1) is 12.2 Å². The van der Waals surface area contributed by atoms with E-state index in [0.717, 1.165) is 6.07 Å². The molecule has 1 aromatic rings. The first-order valence-corrected chi connectivity index (χ1v) is 4.90. The third-order valence-corrected chi connectivity index (χ3v) is 2.54. The maximum atomic E-state index is 12.9. The van der Waals surface area contributed by atoms with E-state index in [1.807, 2.05) is 0 Å². The van der Waals surface area contributed by atoms with Gasteiger partial charge in [0, 0.05) is 6.42 Å². The first-order valence-electron chi connectivity index (χ1n) is 4.90. The van der Waals surface area contributed by atoms with Crippen molar-refractivity contribution in [2.75, 3.05) is 6.61 Å². The van der Waals surface area contributed by atoms with Crippen LogP contribution in [0.5, 0.6) is 5.75 Å². The van der Waals surface area contributed by atoms with Crippen LogP contribution in [0.3, 0.4) is 0 Å². The van der Waals surface area contributed by atoms with E-state index in [4.69, 9.17) is 4.74 Å². The zero-order valence-electron chi connectivity index (χ0n) is 8.55. The summed E-state index contributed by atoms with van der Waals surface area (Å²) in [5.74, 6) is -6.58. The number of para-hydroxylation sites is 1. The van der Waals surface area contributed by atoms with Crippen LogP contribution in [0.4, 0.5) is 17.6 Å². The molecule has 0 amide bonds. The number of rotatable bonds is 3. The van der Waals surface area contributed by atoms with Gasteiger partial charge in [-0.15, -0.1) is 0 Å². The van der Waals surface area contributed by atoms with Gasteiger partial charge in [0.15, 0.2) is 0 Å². The van der Waals surface area contributed by atoms with Crippen molar-refractivity contribution in [2.24, 2.45) is 0 Å². The van der Waals surface area contributed by atoms with Crippen LogP contribution in [-0.4, -0.2) is 24.7 Å². The molecular weight excluding hydrogens is 240 g/mol. The summed E-state index contributed by atoms with van der Waals surface area (Å²) in [6.45, 7) is 0.264. The Labute approximate surface area is 94.2 Å². The summed E-state index contributed by atoms with van der Waals surface area (Å²) >= 11 is 0. The molecule has 0 atom stereocenters. The average Bonchev–Trinajstić information content (AvgIpc) is 2.75. The third-order valence-electron chi connectivity index (χ3n) is 2.54. The molecule has 6 heteroatoms. The molecule has 1 aliphatic heterocycles. The van der Waals surface area contributed by atoms with E-state index in [9.17, 15) is 22.4 Å². The molecule has 0 spiro atoms. The fourth-order valence-corrected chi connectivity index (χ4v) is 1.67. The number of carbonyl (C=O) groups excluding carboxylic acids is 1. The number of carbonyl (C=O) groups is 1. The highest BCUT2D eigenvalue weighted by molar-refractivity contribution is 6.04. The highest BCUT2D eigenvalue weighted by Crippen LogP contribution is 2.35. The Bertz CT molecular complexity index is 457. The van der Waals surface area contributed by atoms with E-state index in [-0.39, 0.29) is 12.4 Å². The molecule has 1 aliphatic rings. The summed E-state index contributed by atoms with van der Waals surface area (Å²) in [4.78, 5) is 11.4. The highest BCUT2D eigenvalue weighted by atomic mass is 19.3. The highest BCUT2D eigenvalue weighted by Gasteiger charge is 2.50. The molecule has 2 nitrogen and oxygen atoms in total. The van der Waals surface area contributed by atoms with Gasteiger partial charge in [0.25, 0.3) is 0 Å². The number of hydrogen-bond donors (Lipinski definition) is 0. The minimum absolute atomic E-state index is 0.00201. The smallest absolute Gasteiger partial charge is 0.369 e. The number of hydrogen-bond acceptors (Lipinski definition) is 2. The van der Waals surface area contributed by atoms with Crippen LogP contribution in [0.1, 0.15) is 15.9 Å². The van der Waals surface area contributed by atoms with Gasteiger partial charge >= 0.3 is 12.3 Å². The van der Waals surface area contributed by atoms with Gasteiger partial charge in [-0.1, -0.05) is 12.1 Å². The first kappa shape index (κ1) is 11.9. The SMILES string of the molecule is O=C(c1cccc2c1OCC2)C(F)(F)C(F)F. The van der Waals surface area contributed by atoms with E-state index in [1.54, 1.807) is 6.07 Å². The van der Waals surface area contributed by atoms with Crippen LogP contribution in [0.2, 0.25) is 0 Å². The molecule has 0 unspecified atom stereocenters. The standard InChI is InChI=1S/C11H8F4O2/c12-10(13)11(14,15)9(16)7-3-1-2-6-4-5-17-8(6)7/h1-3,10H,4-5H2. The summed E-state index contributed by atoms with van der Waals surface area (Å²) in [5.41, 5.74) is 0.103. The van der Waals surface area contributed by atoms with Gasteiger partial charge in [0.1, 0.15) is 5.75 Å². The second-order valence-electron chi connectivity index (χ2n) is 3.65. The monoisotopic (exact) mass is 248 g/mol. The van der Waals surface area contributed by atoms with Crippen molar-refractivity contribution in [1.29, 1.82) is 0 Å². The summed E-state index contributed by atoms with van der Waals surface area (Å²) in [5, 5.41) is 0. The van der Waals surface area contributed by atoms with Crippen LogP contribution in [0, 0.1) is 0 Å². The average molecular weight is 248 g/mol. The Balaban J connectivity index is 2.42. The van der Waals surface area contributed by atoms with Crippen molar-refractivity contribution in [3.05, 3.63) is 29.3 Å². The van der Waals surface area contributed by atoms with Crippen LogP contribution in [-0.2, 0) is 6.42 Å². The first-order chi connectivity index (χ1) is 7.94. The summed E-state index contributed by atoms with van der Waals surface area (Å²) < 4.78 is 55.1. The van der Waals surface area contributed by atoms with Crippen molar-refractivity contribution in [2.45, 2.75) is 18.8 Å². The number of fused-ring (bicyclic) bond motifs is 1. The number of halogens is 4. The molecule has 0 bridgehead atoms. The Morgan fingerprint density at radius 2 is 2.06 bits per heavy atom. The zero-order chi connectivity index (χ0) is 12.6. The van der Waals surface area contributed by atoms with Crippen LogP contribution in [0.15, 0.2) is 18.2 Å². The zero-order valence-corrected chi connectivity index (χ0v) is 8.55. The fourth-order valence-electron chi connectivity index (χ4n) is 1.67. The van der Waals surface area contributed by atoms with Gasteiger partial charge in [-0.2, -0.15) is 8.78 Å². The van der Waals surface area contributed by atoms with Crippen molar-refractivity contribution in [1.82, 2.24) is 0 Å². The lowest BCUT2D eigenvalue weighted by Crippen LogP contribution is -2.36. The fraction of sp³-hybridized carbons (Fsp3) is 0.364. The molecule has 1 aromatic carbocycles. The molecule has 0 N–H and O–H groups in total. The Morgan fingerprint density at radius 3 is 2.71 bits per heavy atom. The summed E-state index contributed by atoms with van der Waals surface area (Å²) in [6.07, 6.45) is -3.54. The van der Waals surface area contributed by atoms with Crippen molar-refractivity contribution in [3.8, 4) is 5.75 Å². The lowest BCUT2D eigenvalue weighted by Gasteiger charge is -2.15. The molecule has 17 heavy (non-hydrogen) atoms. The molecular formula is C11H8F4O2. The summed E-state index contributed by atoms with van der Waals surface area (Å²) in [6, 6.07) is 4.06. The van der Waals surface area contributed by atoms with Crippen LogP contribution in [0.25, 0.3) is 0 Å². The minimum atomic E-state index is -4.68. The molecule has 0 radical (unpaired) electrons. The maximum absolute atomic E-state index is 12.9. The molecule has 0 aromatic heterocycles. The van der Waals surface area contributed by atoms with Crippen LogP contribution >= 0.6 is 0 Å². The number of ketones is 1. The molecule has 0 saturated heterocycles. The number of Topliss-reactive ketones (excluding diaryl/α,β-unsaturated/α-hetero) is 1. The second kappa shape index (κ2) is 4.01. The van der Waals surface area contributed by atoms with E-state index >= 15 is 0 Å². The van der Waals surface area contributed by atoms with E-state index in [1.165, 1.54) is 6.07 Å². The molecule has 0 aliphatic carbocycles. The Hall–Kier alpha value is -1.59. The van der Waals surface area contributed by atoms with E-state index in [0.29, 0.717) is 12.0 Å².